The standard InChI is InChI=1S/C40H24N2O/c1-2-12-26(13-3-1)42-35-20-10-9-19-34(35)41-39(42)25-22-23-28-27-14-4-7-17-31(27)40(33(28)24-25)32-18-8-5-15-29(32)37-30-16-6-11-21-36(30)43-38(37)40/h1-24H. The van der Waals surface area contributed by atoms with Gasteiger partial charge in [0.05, 0.1) is 11.0 Å². The molecule has 0 aliphatic heterocycles. The van der Waals surface area contributed by atoms with Gasteiger partial charge in [-0.2, -0.15) is 0 Å². The molecule has 2 aliphatic rings. The van der Waals surface area contributed by atoms with Crippen LogP contribution in [0.1, 0.15) is 22.5 Å². The SMILES string of the molecule is c1ccc(-n2c(-c3ccc4c(c3)C3(c5ccccc5-4)c4ccccc4-c4c3oc3ccccc43)nc3ccccc32)cc1. The van der Waals surface area contributed by atoms with Gasteiger partial charge in [0, 0.05) is 22.2 Å². The van der Waals surface area contributed by atoms with Gasteiger partial charge in [-0.25, -0.2) is 4.98 Å². The Hall–Kier alpha value is -5.67. The van der Waals surface area contributed by atoms with E-state index >= 15 is 0 Å². The zero-order valence-corrected chi connectivity index (χ0v) is 23.2. The van der Waals surface area contributed by atoms with E-state index in [9.17, 15) is 0 Å². The minimum Gasteiger partial charge on any atom is -0.459 e. The molecular formula is C40H24N2O. The maximum atomic E-state index is 6.91. The molecule has 1 atom stereocenters. The zero-order chi connectivity index (χ0) is 28.1. The van der Waals surface area contributed by atoms with Crippen molar-refractivity contribution in [2.75, 3.05) is 0 Å². The summed E-state index contributed by atoms with van der Waals surface area (Å²) in [5.74, 6) is 1.94. The smallest absolute Gasteiger partial charge is 0.145 e. The van der Waals surface area contributed by atoms with Gasteiger partial charge in [0.25, 0.3) is 0 Å². The van der Waals surface area contributed by atoms with Crippen LogP contribution in [-0.2, 0) is 5.41 Å². The number of nitrogens with zero attached hydrogens (tertiary/aromatic N) is 2. The summed E-state index contributed by atoms with van der Waals surface area (Å²) in [4.78, 5) is 5.21. The fraction of sp³-hybridized carbons (Fsp3) is 0.0250. The molecule has 43 heavy (non-hydrogen) atoms. The molecule has 3 nitrogen and oxygen atoms in total. The first-order chi connectivity index (χ1) is 21.3. The van der Waals surface area contributed by atoms with Crippen molar-refractivity contribution in [3.8, 4) is 39.3 Å². The number of rotatable bonds is 2. The first kappa shape index (κ1) is 23.0. The fourth-order valence-electron chi connectivity index (χ4n) is 7.74. The van der Waals surface area contributed by atoms with Crippen LogP contribution in [0.2, 0.25) is 0 Å². The lowest BCUT2D eigenvalue weighted by atomic mass is 9.73. The molecular weight excluding hydrogens is 524 g/mol. The number of para-hydroxylation sites is 4. The molecule has 0 bridgehead atoms. The summed E-state index contributed by atoms with van der Waals surface area (Å²) in [5, 5.41) is 1.16. The van der Waals surface area contributed by atoms with Crippen LogP contribution < -0.4 is 0 Å². The maximum Gasteiger partial charge on any atom is 0.145 e. The topological polar surface area (TPSA) is 31.0 Å². The van der Waals surface area contributed by atoms with Gasteiger partial charge in [-0.3, -0.25) is 4.57 Å². The normalized spacial score (nSPS) is 16.0. The van der Waals surface area contributed by atoms with E-state index in [2.05, 4.69) is 150 Å². The largest absolute Gasteiger partial charge is 0.459 e. The van der Waals surface area contributed by atoms with Crippen LogP contribution in [0.5, 0.6) is 0 Å². The molecule has 2 heterocycles. The fourth-order valence-corrected chi connectivity index (χ4v) is 7.74. The second-order valence-electron chi connectivity index (χ2n) is 11.5. The van der Waals surface area contributed by atoms with Crippen LogP contribution in [0.3, 0.4) is 0 Å². The number of furan rings is 1. The van der Waals surface area contributed by atoms with Crippen molar-refractivity contribution < 1.29 is 4.42 Å². The van der Waals surface area contributed by atoms with Gasteiger partial charge in [0.15, 0.2) is 0 Å². The summed E-state index contributed by atoms with van der Waals surface area (Å²) in [7, 11) is 0. The van der Waals surface area contributed by atoms with Crippen molar-refractivity contribution in [3.05, 3.63) is 168 Å². The Kier molecular flexibility index (Phi) is 4.38. The Morgan fingerprint density at radius 2 is 1.23 bits per heavy atom. The molecule has 200 valence electrons. The number of aromatic nitrogens is 2. The van der Waals surface area contributed by atoms with E-state index in [0.29, 0.717) is 0 Å². The van der Waals surface area contributed by atoms with E-state index in [-0.39, 0.29) is 0 Å². The Morgan fingerprint density at radius 3 is 2.12 bits per heavy atom. The second-order valence-corrected chi connectivity index (χ2v) is 11.5. The molecule has 3 heteroatoms. The van der Waals surface area contributed by atoms with Crippen molar-refractivity contribution in [3.63, 3.8) is 0 Å². The van der Waals surface area contributed by atoms with E-state index < -0.39 is 5.41 Å². The Bertz CT molecular complexity index is 2410. The monoisotopic (exact) mass is 548 g/mol. The molecule has 0 radical (unpaired) electrons. The van der Waals surface area contributed by atoms with Gasteiger partial charge in [0.1, 0.15) is 22.6 Å². The Labute approximate surface area is 248 Å². The highest BCUT2D eigenvalue weighted by atomic mass is 16.3. The molecule has 2 aromatic heterocycles. The minimum atomic E-state index is -0.559. The van der Waals surface area contributed by atoms with Gasteiger partial charge < -0.3 is 4.42 Å². The minimum absolute atomic E-state index is 0.559. The van der Waals surface area contributed by atoms with Crippen molar-refractivity contribution in [1.82, 2.24) is 9.55 Å². The van der Waals surface area contributed by atoms with Gasteiger partial charge >= 0.3 is 0 Å². The van der Waals surface area contributed by atoms with E-state index in [1.807, 2.05) is 0 Å². The van der Waals surface area contributed by atoms with Crippen molar-refractivity contribution >= 4 is 22.0 Å². The number of imidazole rings is 1. The highest BCUT2D eigenvalue weighted by Gasteiger charge is 2.55. The first-order valence-electron chi connectivity index (χ1n) is 14.7. The van der Waals surface area contributed by atoms with E-state index in [1.165, 1.54) is 38.9 Å². The highest BCUT2D eigenvalue weighted by molar-refractivity contribution is 6.04. The third-order valence-corrected chi connectivity index (χ3v) is 9.41. The maximum absolute atomic E-state index is 6.91. The van der Waals surface area contributed by atoms with E-state index in [1.54, 1.807) is 0 Å². The van der Waals surface area contributed by atoms with Crippen LogP contribution >= 0.6 is 0 Å². The zero-order valence-electron chi connectivity index (χ0n) is 23.2. The molecule has 10 rings (SSSR count). The van der Waals surface area contributed by atoms with E-state index in [0.717, 1.165) is 44.8 Å². The summed E-state index contributed by atoms with van der Waals surface area (Å²) in [6.07, 6.45) is 0. The first-order valence-corrected chi connectivity index (χ1v) is 14.7. The highest BCUT2D eigenvalue weighted by Crippen LogP contribution is 2.64. The molecule has 0 amide bonds. The summed E-state index contributed by atoms with van der Waals surface area (Å²) in [6.45, 7) is 0. The number of fused-ring (bicyclic) bond motifs is 13. The second kappa shape index (κ2) is 8.21. The molecule has 8 aromatic rings. The van der Waals surface area contributed by atoms with Gasteiger partial charge in [-0.1, -0.05) is 109 Å². The number of hydrogen-bond donors (Lipinski definition) is 0. The van der Waals surface area contributed by atoms with Gasteiger partial charge in [-0.15, -0.1) is 0 Å². The lowest BCUT2D eigenvalue weighted by Crippen LogP contribution is -2.25. The summed E-state index contributed by atoms with van der Waals surface area (Å²) >= 11 is 0. The van der Waals surface area contributed by atoms with Gasteiger partial charge in [0.2, 0.25) is 0 Å². The molecule has 2 aliphatic carbocycles. The Morgan fingerprint density at radius 1 is 0.558 bits per heavy atom. The molecule has 0 N–H and O–H groups in total. The number of benzene rings is 6. The third kappa shape index (κ3) is 2.81. The van der Waals surface area contributed by atoms with Crippen LogP contribution in [0, 0.1) is 0 Å². The van der Waals surface area contributed by atoms with Crippen LogP contribution in [-0.4, -0.2) is 9.55 Å². The van der Waals surface area contributed by atoms with Crippen LogP contribution in [0.25, 0.3) is 61.3 Å². The van der Waals surface area contributed by atoms with Crippen LogP contribution in [0.15, 0.2) is 150 Å². The van der Waals surface area contributed by atoms with Crippen molar-refractivity contribution in [2.45, 2.75) is 5.41 Å². The summed E-state index contributed by atoms with van der Waals surface area (Å²) in [5.41, 5.74) is 13.3. The van der Waals surface area contributed by atoms with Crippen molar-refractivity contribution in [2.24, 2.45) is 0 Å². The summed E-state index contributed by atoms with van der Waals surface area (Å²) in [6, 6.07) is 51.9. The quantitative estimate of drug-likeness (QED) is 0.215. The average Bonchev–Trinajstić information content (AvgIpc) is 3.79. The van der Waals surface area contributed by atoms with Crippen LogP contribution in [0.4, 0.5) is 0 Å². The molecule has 1 spiro atoms. The predicted octanol–water partition coefficient (Wildman–Crippen LogP) is 9.78. The third-order valence-electron chi connectivity index (χ3n) is 9.41. The van der Waals surface area contributed by atoms with E-state index in [4.69, 9.17) is 9.40 Å². The predicted molar refractivity (Wildman–Crippen MR) is 173 cm³/mol. The average molecular weight is 549 g/mol. The Balaban J connectivity index is 1.32. The molecule has 0 saturated heterocycles. The molecule has 1 unspecified atom stereocenters. The lowest BCUT2D eigenvalue weighted by molar-refractivity contribution is 0.507. The molecule has 6 aromatic carbocycles. The van der Waals surface area contributed by atoms with Gasteiger partial charge in [-0.05, 0) is 69.8 Å². The number of hydrogen-bond acceptors (Lipinski definition) is 2. The molecule has 0 saturated carbocycles. The molecule has 0 fully saturated rings. The van der Waals surface area contributed by atoms with Crippen molar-refractivity contribution in [1.29, 1.82) is 0 Å². The lowest BCUT2D eigenvalue weighted by Gasteiger charge is -2.28. The summed E-state index contributed by atoms with van der Waals surface area (Å²) < 4.78 is 9.19.